The first kappa shape index (κ1) is 9.01. The third kappa shape index (κ3) is 2.23. The number of rotatable bonds is 3. The summed E-state index contributed by atoms with van der Waals surface area (Å²) < 4.78 is 16.5. The van der Waals surface area contributed by atoms with E-state index < -0.39 is 5.95 Å². The lowest BCUT2D eigenvalue weighted by molar-refractivity contribution is 0.578. The molecule has 0 unspecified atom stereocenters. The lowest BCUT2D eigenvalue weighted by atomic mass is 10.3. The van der Waals surface area contributed by atoms with Gasteiger partial charge in [-0.2, -0.15) is 8.76 Å². The number of pyridine rings is 1. The van der Waals surface area contributed by atoms with E-state index >= 15 is 0 Å². The van der Waals surface area contributed by atoms with Gasteiger partial charge in [0.05, 0.1) is 12.2 Å². The maximum atomic E-state index is 12.7. The third-order valence-electron chi connectivity index (χ3n) is 1.55. The number of hydrogen-bond donors (Lipinski definition) is 1. The zero-order valence-corrected chi connectivity index (χ0v) is 7.96. The summed E-state index contributed by atoms with van der Waals surface area (Å²) in [6, 6.07) is 4.69. The first-order chi connectivity index (χ1) is 6.84. The number of aromatic nitrogens is 3. The molecule has 2 aromatic heterocycles. The summed E-state index contributed by atoms with van der Waals surface area (Å²) in [5, 5.41) is 3.69. The van der Waals surface area contributed by atoms with Crippen molar-refractivity contribution in [1.29, 1.82) is 0 Å². The lowest BCUT2D eigenvalue weighted by Crippen LogP contribution is -2.01. The zero-order valence-electron chi connectivity index (χ0n) is 7.14. The van der Waals surface area contributed by atoms with Gasteiger partial charge in [-0.15, -0.1) is 0 Å². The van der Waals surface area contributed by atoms with Gasteiger partial charge >= 0.3 is 0 Å². The summed E-state index contributed by atoms with van der Waals surface area (Å²) in [6.45, 7) is 0.451. The van der Waals surface area contributed by atoms with Crippen molar-refractivity contribution in [2.45, 2.75) is 6.54 Å². The Kier molecular flexibility index (Phi) is 2.64. The van der Waals surface area contributed by atoms with Crippen LogP contribution in [0.4, 0.5) is 9.52 Å². The third-order valence-corrected chi connectivity index (χ3v) is 2.18. The Bertz CT molecular complexity index is 403. The fourth-order valence-electron chi connectivity index (χ4n) is 0.966. The highest BCUT2D eigenvalue weighted by molar-refractivity contribution is 7.09. The summed E-state index contributed by atoms with van der Waals surface area (Å²) in [4.78, 5) is 7.63. The molecule has 0 aliphatic heterocycles. The summed E-state index contributed by atoms with van der Waals surface area (Å²) in [5.41, 5.74) is 0.639. The summed E-state index contributed by atoms with van der Waals surface area (Å²) >= 11 is 1.25. The smallest absolute Gasteiger partial charge is 0.213 e. The Balaban J connectivity index is 1.98. The fraction of sp³-hybridized carbons (Fsp3) is 0.125. The molecule has 0 aromatic carbocycles. The van der Waals surface area contributed by atoms with Crippen LogP contribution >= 0.6 is 11.5 Å². The minimum absolute atomic E-state index is 0.451. The molecule has 1 N–H and O–H groups in total. The van der Waals surface area contributed by atoms with Crippen LogP contribution in [0, 0.1) is 5.95 Å². The maximum absolute atomic E-state index is 12.7. The van der Waals surface area contributed by atoms with Gasteiger partial charge in [-0.05, 0) is 12.1 Å². The highest BCUT2D eigenvalue weighted by Gasteiger charge is 1.98. The lowest BCUT2D eigenvalue weighted by Gasteiger charge is -2.00. The molecule has 14 heavy (non-hydrogen) atoms. The van der Waals surface area contributed by atoms with Crippen molar-refractivity contribution < 1.29 is 4.39 Å². The Hall–Kier alpha value is -1.56. The molecule has 2 rings (SSSR count). The molecule has 0 bridgehead atoms. The number of halogens is 1. The topological polar surface area (TPSA) is 50.7 Å². The monoisotopic (exact) mass is 210 g/mol. The minimum Gasteiger partial charge on any atom is -0.355 e. The van der Waals surface area contributed by atoms with Crippen molar-refractivity contribution in [2.75, 3.05) is 5.32 Å². The Morgan fingerprint density at radius 3 is 3.07 bits per heavy atom. The van der Waals surface area contributed by atoms with Gasteiger partial charge in [0, 0.05) is 11.5 Å². The second-order valence-electron chi connectivity index (χ2n) is 2.55. The standard InChI is InChI=1S/C8H7FN4S/c9-7-3-1-2-6(13-7)4-10-8-11-5-12-14-8/h1-3,5H,4H2,(H,10,11,12). The Morgan fingerprint density at radius 2 is 2.36 bits per heavy atom. The van der Waals surface area contributed by atoms with E-state index in [9.17, 15) is 4.39 Å². The molecule has 2 heterocycles. The Morgan fingerprint density at radius 1 is 1.43 bits per heavy atom. The van der Waals surface area contributed by atoms with E-state index in [1.165, 1.54) is 23.9 Å². The van der Waals surface area contributed by atoms with Crippen molar-refractivity contribution in [1.82, 2.24) is 14.3 Å². The van der Waals surface area contributed by atoms with Crippen molar-refractivity contribution in [3.8, 4) is 0 Å². The minimum atomic E-state index is -0.471. The average Bonchev–Trinajstić information content (AvgIpc) is 2.67. The summed E-state index contributed by atoms with van der Waals surface area (Å²) in [6.07, 6.45) is 1.46. The number of nitrogens with one attached hydrogen (secondary N) is 1. The van der Waals surface area contributed by atoms with E-state index in [2.05, 4.69) is 19.7 Å². The van der Waals surface area contributed by atoms with Crippen molar-refractivity contribution in [3.63, 3.8) is 0 Å². The van der Waals surface area contributed by atoms with Gasteiger partial charge in [-0.1, -0.05) is 6.07 Å². The first-order valence-corrected chi connectivity index (χ1v) is 4.74. The molecule has 0 saturated carbocycles. The van der Waals surface area contributed by atoms with E-state index in [1.807, 2.05) is 0 Å². The number of nitrogens with zero attached hydrogens (tertiary/aromatic N) is 3. The predicted molar refractivity (Wildman–Crippen MR) is 51.4 cm³/mol. The Labute approximate surface area is 84.0 Å². The molecule has 0 spiro atoms. The van der Waals surface area contributed by atoms with Crippen molar-refractivity contribution in [3.05, 3.63) is 36.2 Å². The molecule has 2 aromatic rings. The first-order valence-electron chi connectivity index (χ1n) is 3.96. The van der Waals surface area contributed by atoms with E-state index in [4.69, 9.17) is 0 Å². The van der Waals surface area contributed by atoms with E-state index in [1.54, 1.807) is 12.1 Å². The van der Waals surface area contributed by atoms with Crippen LogP contribution in [-0.2, 0) is 6.54 Å². The van der Waals surface area contributed by atoms with Crippen LogP contribution in [0.15, 0.2) is 24.5 Å². The van der Waals surface area contributed by atoms with Gasteiger partial charge < -0.3 is 5.32 Å². The van der Waals surface area contributed by atoms with E-state index in [-0.39, 0.29) is 0 Å². The van der Waals surface area contributed by atoms with Crippen molar-refractivity contribution >= 4 is 16.7 Å². The number of anilines is 1. The van der Waals surface area contributed by atoms with E-state index in [0.29, 0.717) is 17.4 Å². The number of hydrogen-bond acceptors (Lipinski definition) is 5. The fourth-order valence-corrected chi connectivity index (χ4v) is 1.39. The SMILES string of the molecule is Fc1cccc(CNc2ncns2)n1. The normalized spacial score (nSPS) is 10.1. The van der Waals surface area contributed by atoms with Gasteiger partial charge in [-0.3, -0.25) is 0 Å². The van der Waals surface area contributed by atoms with Crippen LogP contribution in [0.1, 0.15) is 5.69 Å². The van der Waals surface area contributed by atoms with Gasteiger partial charge in [-0.25, -0.2) is 9.97 Å². The zero-order chi connectivity index (χ0) is 9.80. The molecule has 4 nitrogen and oxygen atoms in total. The second-order valence-corrected chi connectivity index (χ2v) is 3.33. The quantitative estimate of drug-likeness (QED) is 0.783. The highest BCUT2D eigenvalue weighted by atomic mass is 32.1. The summed E-state index contributed by atoms with van der Waals surface area (Å²) in [5.74, 6) is -0.471. The van der Waals surface area contributed by atoms with Crippen LogP contribution in [0.25, 0.3) is 0 Å². The van der Waals surface area contributed by atoms with Gasteiger partial charge in [0.15, 0.2) is 0 Å². The molecule has 0 saturated heterocycles. The van der Waals surface area contributed by atoms with Gasteiger partial charge in [0.1, 0.15) is 6.33 Å². The van der Waals surface area contributed by atoms with Crippen molar-refractivity contribution in [2.24, 2.45) is 0 Å². The molecule has 0 fully saturated rings. The van der Waals surface area contributed by atoms with Crippen LogP contribution in [-0.4, -0.2) is 14.3 Å². The van der Waals surface area contributed by atoms with Crippen LogP contribution in [0.3, 0.4) is 0 Å². The predicted octanol–water partition coefficient (Wildman–Crippen LogP) is 1.68. The highest BCUT2D eigenvalue weighted by Crippen LogP contribution is 2.08. The molecule has 0 aliphatic carbocycles. The molecule has 6 heteroatoms. The van der Waals surface area contributed by atoms with Crippen LogP contribution in [0.2, 0.25) is 0 Å². The van der Waals surface area contributed by atoms with Crippen LogP contribution in [0.5, 0.6) is 0 Å². The molecule has 72 valence electrons. The van der Waals surface area contributed by atoms with Crippen LogP contribution < -0.4 is 5.32 Å². The van der Waals surface area contributed by atoms with Gasteiger partial charge in [0.2, 0.25) is 11.1 Å². The second kappa shape index (κ2) is 4.10. The summed E-state index contributed by atoms with van der Waals surface area (Å²) in [7, 11) is 0. The maximum Gasteiger partial charge on any atom is 0.213 e. The van der Waals surface area contributed by atoms with E-state index in [0.717, 1.165) is 0 Å². The molecule has 0 amide bonds. The largest absolute Gasteiger partial charge is 0.355 e. The molecule has 0 aliphatic rings. The molecular formula is C8H7FN4S. The molecule has 0 radical (unpaired) electrons. The van der Waals surface area contributed by atoms with Gasteiger partial charge in [0.25, 0.3) is 0 Å². The molecule has 0 atom stereocenters. The average molecular weight is 210 g/mol. The molecular weight excluding hydrogens is 203 g/mol.